The number of rotatable bonds is 12. The summed E-state index contributed by atoms with van der Waals surface area (Å²) in [7, 11) is 0. The van der Waals surface area contributed by atoms with Crippen LogP contribution in [0.25, 0.3) is 0 Å². The molecule has 26 heavy (non-hydrogen) atoms. The number of carbonyl (C=O) groups is 2. The number of anilines is 1. The molecule has 0 fully saturated rings. The Bertz CT molecular complexity index is 619. The maximum atomic E-state index is 12.0. The molecule has 0 aliphatic carbocycles. The lowest BCUT2D eigenvalue weighted by atomic mass is 10.2. The van der Waals surface area contributed by atoms with Crippen molar-refractivity contribution in [1.82, 2.24) is 10.2 Å². The highest BCUT2D eigenvalue weighted by Crippen LogP contribution is 2.17. The van der Waals surface area contributed by atoms with Gasteiger partial charge in [-0.3, -0.25) is 19.7 Å². The van der Waals surface area contributed by atoms with Gasteiger partial charge in [0, 0.05) is 17.8 Å². The maximum Gasteiger partial charge on any atom is 0.321 e. The van der Waals surface area contributed by atoms with Gasteiger partial charge in [-0.25, -0.2) is 0 Å². The van der Waals surface area contributed by atoms with E-state index in [1.54, 1.807) is 0 Å². The maximum absolute atomic E-state index is 12.0. The first-order valence-corrected chi connectivity index (χ1v) is 8.60. The molecule has 1 aromatic rings. The van der Waals surface area contributed by atoms with Gasteiger partial charge in [0.2, 0.25) is 5.91 Å². The lowest BCUT2D eigenvalue weighted by Gasteiger charge is -2.19. The van der Waals surface area contributed by atoms with Gasteiger partial charge in [0.05, 0.1) is 11.3 Å². The second-order valence-corrected chi connectivity index (χ2v) is 5.79. The minimum Gasteiger partial charge on any atom is -0.480 e. The number of nitro groups is 1. The first kappa shape index (κ1) is 21.5. The topological polar surface area (TPSA) is 125 Å². The van der Waals surface area contributed by atoms with E-state index in [0.29, 0.717) is 6.54 Å². The predicted octanol–water partition coefficient (Wildman–Crippen LogP) is 1.70. The molecule has 9 heteroatoms. The summed E-state index contributed by atoms with van der Waals surface area (Å²) in [4.78, 5) is 35.8. The van der Waals surface area contributed by atoms with Crippen molar-refractivity contribution < 1.29 is 19.6 Å². The van der Waals surface area contributed by atoms with Crippen LogP contribution in [0.4, 0.5) is 11.4 Å². The number of nitrogens with zero attached hydrogens (tertiary/aromatic N) is 2. The molecule has 0 spiro atoms. The average Bonchev–Trinajstić information content (AvgIpc) is 2.60. The van der Waals surface area contributed by atoms with Crippen molar-refractivity contribution in [1.29, 1.82) is 0 Å². The smallest absolute Gasteiger partial charge is 0.321 e. The van der Waals surface area contributed by atoms with Crippen LogP contribution in [-0.2, 0) is 9.59 Å². The summed E-state index contributed by atoms with van der Waals surface area (Å²) >= 11 is 0. The SMILES string of the molecule is CCN(CC)CCCN[C@@H](CC(=O)Nc1cccc([N+](=O)[O-])c1)C(=O)O. The second kappa shape index (κ2) is 11.2. The van der Waals surface area contributed by atoms with Crippen LogP contribution in [0.3, 0.4) is 0 Å². The molecule has 0 saturated carbocycles. The lowest BCUT2D eigenvalue weighted by molar-refractivity contribution is -0.384. The van der Waals surface area contributed by atoms with Crippen molar-refractivity contribution >= 4 is 23.3 Å². The number of non-ortho nitro benzene ring substituents is 1. The zero-order valence-corrected chi connectivity index (χ0v) is 15.1. The van der Waals surface area contributed by atoms with Crippen molar-refractivity contribution in [3.63, 3.8) is 0 Å². The van der Waals surface area contributed by atoms with E-state index in [1.807, 2.05) is 0 Å². The Morgan fingerprint density at radius 1 is 1.31 bits per heavy atom. The molecule has 0 aliphatic heterocycles. The third kappa shape index (κ3) is 7.58. The number of benzene rings is 1. The summed E-state index contributed by atoms with van der Waals surface area (Å²) < 4.78 is 0. The third-order valence-corrected chi connectivity index (χ3v) is 3.96. The van der Waals surface area contributed by atoms with Crippen molar-refractivity contribution in [2.24, 2.45) is 0 Å². The number of nitrogens with one attached hydrogen (secondary N) is 2. The lowest BCUT2D eigenvalue weighted by Crippen LogP contribution is -2.41. The van der Waals surface area contributed by atoms with Crippen molar-refractivity contribution in [2.45, 2.75) is 32.7 Å². The van der Waals surface area contributed by atoms with Gasteiger partial charge in [0.15, 0.2) is 0 Å². The van der Waals surface area contributed by atoms with E-state index in [2.05, 4.69) is 29.4 Å². The first-order chi connectivity index (χ1) is 12.4. The van der Waals surface area contributed by atoms with Crippen molar-refractivity contribution in [2.75, 3.05) is 31.5 Å². The van der Waals surface area contributed by atoms with Crippen LogP contribution in [0.15, 0.2) is 24.3 Å². The van der Waals surface area contributed by atoms with Gasteiger partial charge in [0.1, 0.15) is 6.04 Å². The number of carboxylic acids is 1. The van der Waals surface area contributed by atoms with Crippen LogP contribution in [0.1, 0.15) is 26.7 Å². The van der Waals surface area contributed by atoms with Crippen LogP contribution >= 0.6 is 0 Å². The van der Waals surface area contributed by atoms with E-state index >= 15 is 0 Å². The van der Waals surface area contributed by atoms with E-state index < -0.39 is 22.8 Å². The predicted molar refractivity (Wildman–Crippen MR) is 98.2 cm³/mol. The van der Waals surface area contributed by atoms with Crippen molar-refractivity contribution in [3.8, 4) is 0 Å². The molecule has 1 rings (SSSR count). The summed E-state index contributed by atoms with van der Waals surface area (Å²) in [6, 6.07) is 4.50. The van der Waals surface area contributed by atoms with Crippen LogP contribution in [0.5, 0.6) is 0 Å². The monoisotopic (exact) mass is 366 g/mol. The standard InChI is InChI=1S/C17H26N4O5/c1-3-20(4-2)10-6-9-18-15(17(23)24)12-16(22)19-13-7-5-8-14(11-13)21(25)26/h5,7-8,11,15,18H,3-4,6,9-10,12H2,1-2H3,(H,19,22)(H,23,24)/t15-/m0/s1. The van der Waals surface area contributed by atoms with Gasteiger partial charge in [-0.15, -0.1) is 0 Å². The van der Waals surface area contributed by atoms with E-state index in [0.717, 1.165) is 26.1 Å². The van der Waals surface area contributed by atoms with E-state index in [-0.39, 0.29) is 17.8 Å². The number of hydrogen-bond donors (Lipinski definition) is 3. The average molecular weight is 366 g/mol. The molecule has 144 valence electrons. The molecule has 1 atom stereocenters. The fraction of sp³-hybridized carbons (Fsp3) is 0.529. The van der Waals surface area contributed by atoms with Gasteiger partial charge in [-0.2, -0.15) is 0 Å². The Labute approximate surface area is 152 Å². The molecular weight excluding hydrogens is 340 g/mol. The van der Waals surface area contributed by atoms with Crippen LogP contribution < -0.4 is 10.6 Å². The zero-order chi connectivity index (χ0) is 19.5. The van der Waals surface area contributed by atoms with E-state index in [4.69, 9.17) is 0 Å². The molecule has 3 N–H and O–H groups in total. The molecule has 0 unspecified atom stereocenters. The largest absolute Gasteiger partial charge is 0.480 e. The molecule has 0 aromatic heterocycles. The minimum atomic E-state index is -1.11. The molecule has 0 saturated heterocycles. The number of aliphatic carboxylic acids is 1. The molecule has 0 radical (unpaired) electrons. The van der Waals surface area contributed by atoms with E-state index in [1.165, 1.54) is 24.3 Å². The third-order valence-electron chi connectivity index (χ3n) is 3.96. The zero-order valence-electron chi connectivity index (χ0n) is 15.1. The molecule has 0 heterocycles. The van der Waals surface area contributed by atoms with Gasteiger partial charge < -0.3 is 20.6 Å². The molecule has 0 aliphatic rings. The Morgan fingerprint density at radius 2 is 2.00 bits per heavy atom. The van der Waals surface area contributed by atoms with E-state index in [9.17, 15) is 24.8 Å². The van der Waals surface area contributed by atoms with Crippen LogP contribution in [0.2, 0.25) is 0 Å². The van der Waals surface area contributed by atoms with Crippen LogP contribution in [0, 0.1) is 10.1 Å². The summed E-state index contributed by atoms with van der Waals surface area (Å²) in [6.07, 6.45) is 0.515. The Balaban J connectivity index is 2.51. The van der Waals surface area contributed by atoms with Crippen molar-refractivity contribution in [3.05, 3.63) is 34.4 Å². The van der Waals surface area contributed by atoms with Crippen LogP contribution in [-0.4, -0.2) is 59.0 Å². The number of carboxylic acid groups (broad SMARTS) is 1. The number of carbonyl (C=O) groups excluding carboxylic acids is 1. The normalized spacial score (nSPS) is 12.0. The van der Waals surface area contributed by atoms with Gasteiger partial charge in [0.25, 0.3) is 5.69 Å². The Kier molecular flexibility index (Phi) is 9.24. The quantitative estimate of drug-likeness (QED) is 0.292. The first-order valence-electron chi connectivity index (χ1n) is 8.60. The summed E-state index contributed by atoms with van der Waals surface area (Å²) in [6.45, 7) is 7.34. The fourth-order valence-electron chi connectivity index (χ4n) is 2.46. The highest BCUT2D eigenvalue weighted by atomic mass is 16.6. The molecular formula is C17H26N4O5. The van der Waals surface area contributed by atoms with Gasteiger partial charge in [-0.05, 0) is 38.7 Å². The highest BCUT2D eigenvalue weighted by molar-refractivity contribution is 5.94. The second-order valence-electron chi connectivity index (χ2n) is 5.79. The number of hydrogen-bond acceptors (Lipinski definition) is 6. The van der Waals surface area contributed by atoms with Gasteiger partial charge >= 0.3 is 5.97 Å². The summed E-state index contributed by atoms with van der Waals surface area (Å²) in [5.74, 6) is -1.63. The fourth-order valence-corrected chi connectivity index (χ4v) is 2.46. The van der Waals surface area contributed by atoms with Gasteiger partial charge in [-0.1, -0.05) is 19.9 Å². The molecule has 1 amide bonds. The Morgan fingerprint density at radius 3 is 2.58 bits per heavy atom. The Hall–Kier alpha value is -2.52. The summed E-state index contributed by atoms with van der Waals surface area (Å²) in [5, 5.41) is 25.4. The molecule has 0 bridgehead atoms. The highest BCUT2D eigenvalue weighted by Gasteiger charge is 2.21. The summed E-state index contributed by atoms with van der Waals surface area (Å²) in [5.41, 5.74) is 0.113. The number of amides is 1. The number of nitro benzene ring substituents is 1. The molecule has 9 nitrogen and oxygen atoms in total. The molecule has 1 aromatic carbocycles. The minimum absolute atomic E-state index is 0.146.